The van der Waals surface area contributed by atoms with Crippen LogP contribution in [-0.4, -0.2) is 31.7 Å². The number of anilines is 1. The van der Waals surface area contributed by atoms with Gasteiger partial charge in [-0.1, -0.05) is 23.7 Å². The fourth-order valence-corrected chi connectivity index (χ4v) is 3.69. The number of carbonyl (C=O) groups excluding carboxylic acids is 2. The summed E-state index contributed by atoms with van der Waals surface area (Å²) < 4.78 is 11.1. The Bertz CT molecular complexity index is 960. The molecule has 2 aromatic carbocycles. The van der Waals surface area contributed by atoms with Gasteiger partial charge in [0.2, 0.25) is 5.91 Å². The summed E-state index contributed by atoms with van der Waals surface area (Å²) in [7, 11) is 0. The maximum Gasteiger partial charge on any atom is 0.315 e. The van der Waals surface area contributed by atoms with Gasteiger partial charge in [-0.3, -0.25) is 4.79 Å². The van der Waals surface area contributed by atoms with Crippen molar-refractivity contribution in [2.75, 3.05) is 25.1 Å². The Kier molecular flexibility index (Phi) is 6.51. The number of fused-ring (bicyclic) bond motifs is 1. The maximum atomic E-state index is 12.3. The third-order valence-corrected chi connectivity index (χ3v) is 5.61. The molecule has 7 nitrogen and oxygen atoms in total. The van der Waals surface area contributed by atoms with Crippen molar-refractivity contribution in [3.63, 3.8) is 0 Å². The molecule has 0 spiro atoms. The van der Waals surface area contributed by atoms with E-state index in [4.69, 9.17) is 21.1 Å². The molecular weight excluding hydrogens is 418 g/mol. The lowest BCUT2D eigenvalue weighted by molar-refractivity contribution is -0.117. The van der Waals surface area contributed by atoms with Crippen LogP contribution in [0, 0.1) is 5.92 Å². The van der Waals surface area contributed by atoms with Gasteiger partial charge in [-0.05, 0) is 61.6 Å². The molecule has 4 rings (SSSR count). The Hall–Kier alpha value is -2.93. The second kappa shape index (κ2) is 9.47. The van der Waals surface area contributed by atoms with Crippen molar-refractivity contribution in [3.05, 3.63) is 52.5 Å². The summed E-state index contributed by atoms with van der Waals surface area (Å²) in [6.07, 6.45) is 2.57. The lowest BCUT2D eigenvalue weighted by Crippen LogP contribution is -2.38. The summed E-state index contributed by atoms with van der Waals surface area (Å²) in [6, 6.07) is 10.8. The smallest absolute Gasteiger partial charge is 0.315 e. The molecular formula is C23H26ClN3O4. The van der Waals surface area contributed by atoms with Gasteiger partial charge in [0.05, 0.1) is 11.1 Å². The highest BCUT2D eigenvalue weighted by molar-refractivity contribution is 6.32. The number of nitrogens with one attached hydrogen (secondary N) is 3. The van der Waals surface area contributed by atoms with E-state index < -0.39 is 0 Å². The van der Waals surface area contributed by atoms with Crippen LogP contribution < -0.4 is 25.4 Å². The molecule has 0 aromatic heterocycles. The Balaban J connectivity index is 1.23. The van der Waals surface area contributed by atoms with Gasteiger partial charge >= 0.3 is 6.03 Å². The van der Waals surface area contributed by atoms with Crippen LogP contribution in [0.5, 0.6) is 11.5 Å². The molecule has 1 atom stereocenters. The fraction of sp³-hybridized carbons (Fsp3) is 0.391. The predicted octanol–water partition coefficient (Wildman–Crippen LogP) is 4.06. The number of hydrogen-bond acceptors (Lipinski definition) is 4. The van der Waals surface area contributed by atoms with Gasteiger partial charge in [0.25, 0.3) is 0 Å². The lowest BCUT2D eigenvalue weighted by Gasteiger charge is -2.20. The van der Waals surface area contributed by atoms with Crippen LogP contribution in [0.4, 0.5) is 10.5 Å². The molecule has 1 aliphatic heterocycles. The summed E-state index contributed by atoms with van der Waals surface area (Å²) in [5, 5.41) is 9.22. The summed E-state index contributed by atoms with van der Waals surface area (Å²) in [6.45, 7) is 3.36. The molecule has 1 unspecified atom stereocenters. The highest BCUT2D eigenvalue weighted by Crippen LogP contribution is 2.38. The summed E-state index contributed by atoms with van der Waals surface area (Å²) >= 11 is 6.25. The largest absolute Gasteiger partial charge is 0.486 e. The Morgan fingerprint density at radius 2 is 1.87 bits per heavy atom. The molecule has 1 aliphatic carbocycles. The van der Waals surface area contributed by atoms with Crippen molar-refractivity contribution in [3.8, 4) is 11.5 Å². The topological polar surface area (TPSA) is 88.7 Å². The van der Waals surface area contributed by atoms with Crippen molar-refractivity contribution in [2.24, 2.45) is 5.92 Å². The van der Waals surface area contributed by atoms with Crippen molar-refractivity contribution < 1.29 is 19.1 Å². The minimum absolute atomic E-state index is 0.0811. The average Bonchev–Trinajstić information content (AvgIpc) is 3.60. The fourth-order valence-electron chi connectivity index (χ4n) is 3.40. The summed E-state index contributed by atoms with van der Waals surface area (Å²) in [4.78, 5) is 24.1. The number of rotatable bonds is 7. The van der Waals surface area contributed by atoms with E-state index in [2.05, 4.69) is 16.0 Å². The van der Waals surface area contributed by atoms with Gasteiger partial charge in [0.1, 0.15) is 13.2 Å². The van der Waals surface area contributed by atoms with Crippen molar-refractivity contribution in [1.29, 1.82) is 0 Å². The molecule has 3 amide bonds. The van der Waals surface area contributed by atoms with E-state index in [0.29, 0.717) is 42.7 Å². The SMILES string of the molecule is CC(NC(=O)NCCc1cc(Cl)c2c(c1)OCCO2)c1ccc(NC(=O)C2CC2)cc1. The monoisotopic (exact) mass is 443 g/mol. The molecule has 0 saturated heterocycles. The van der Waals surface area contributed by atoms with E-state index in [1.807, 2.05) is 43.3 Å². The van der Waals surface area contributed by atoms with Crippen molar-refractivity contribution >= 4 is 29.2 Å². The summed E-state index contributed by atoms with van der Waals surface area (Å²) in [5.74, 6) is 1.47. The molecule has 31 heavy (non-hydrogen) atoms. The first kappa shape index (κ1) is 21.3. The van der Waals surface area contributed by atoms with E-state index >= 15 is 0 Å². The first-order chi connectivity index (χ1) is 15.0. The average molecular weight is 444 g/mol. The van der Waals surface area contributed by atoms with Gasteiger partial charge < -0.3 is 25.4 Å². The van der Waals surface area contributed by atoms with Crippen molar-refractivity contribution in [2.45, 2.75) is 32.2 Å². The molecule has 1 heterocycles. The van der Waals surface area contributed by atoms with E-state index in [-0.39, 0.29) is 23.9 Å². The molecule has 1 saturated carbocycles. The number of halogens is 1. The molecule has 0 radical (unpaired) electrons. The highest BCUT2D eigenvalue weighted by atomic mass is 35.5. The normalized spacial score (nSPS) is 15.7. The van der Waals surface area contributed by atoms with Crippen LogP contribution in [0.15, 0.2) is 36.4 Å². The molecule has 2 aliphatic rings. The van der Waals surface area contributed by atoms with Crippen LogP contribution in [-0.2, 0) is 11.2 Å². The van der Waals surface area contributed by atoms with Gasteiger partial charge in [-0.25, -0.2) is 4.79 Å². The number of benzene rings is 2. The zero-order chi connectivity index (χ0) is 21.8. The number of ether oxygens (including phenoxy) is 2. The van der Waals surface area contributed by atoms with E-state index in [0.717, 1.165) is 29.7 Å². The Morgan fingerprint density at radius 3 is 2.61 bits per heavy atom. The first-order valence-corrected chi connectivity index (χ1v) is 10.9. The van der Waals surface area contributed by atoms with Gasteiger partial charge in [0, 0.05) is 18.2 Å². The van der Waals surface area contributed by atoms with Crippen LogP contribution in [0.2, 0.25) is 5.02 Å². The number of urea groups is 1. The standard InChI is InChI=1S/C23H26ClN3O4/c1-14(16-4-6-18(7-5-16)27-22(28)17-2-3-17)26-23(29)25-9-8-15-12-19(24)21-20(13-15)30-10-11-31-21/h4-7,12-14,17H,2-3,8-11H2,1H3,(H,27,28)(H2,25,26,29). The third-order valence-electron chi connectivity index (χ3n) is 5.33. The predicted molar refractivity (Wildman–Crippen MR) is 119 cm³/mol. The third kappa shape index (κ3) is 5.61. The van der Waals surface area contributed by atoms with Crippen LogP contribution in [0.1, 0.15) is 36.9 Å². The minimum atomic E-state index is -0.248. The molecule has 1 fully saturated rings. The van der Waals surface area contributed by atoms with Crippen molar-refractivity contribution in [1.82, 2.24) is 10.6 Å². The zero-order valence-electron chi connectivity index (χ0n) is 17.4. The number of hydrogen-bond donors (Lipinski definition) is 3. The molecule has 0 bridgehead atoms. The van der Waals surface area contributed by atoms with Crippen LogP contribution >= 0.6 is 11.6 Å². The van der Waals surface area contributed by atoms with Gasteiger partial charge in [-0.15, -0.1) is 0 Å². The summed E-state index contributed by atoms with van der Waals surface area (Å²) in [5.41, 5.74) is 2.69. The number of amides is 3. The molecule has 3 N–H and O–H groups in total. The Labute approximate surface area is 186 Å². The quantitative estimate of drug-likeness (QED) is 0.602. The van der Waals surface area contributed by atoms with Gasteiger partial charge in [0.15, 0.2) is 11.5 Å². The van der Waals surface area contributed by atoms with Crippen LogP contribution in [0.3, 0.4) is 0 Å². The maximum absolute atomic E-state index is 12.3. The molecule has 2 aromatic rings. The first-order valence-electron chi connectivity index (χ1n) is 10.5. The highest BCUT2D eigenvalue weighted by Gasteiger charge is 2.29. The molecule has 164 valence electrons. The Morgan fingerprint density at radius 1 is 1.13 bits per heavy atom. The lowest BCUT2D eigenvalue weighted by atomic mass is 10.1. The van der Waals surface area contributed by atoms with E-state index in [1.165, 1.54) is 0 Å². The van der Waals surface area contributed by atoms with E-state index in [1.54, 1.807) is 0 Å². The second-order valence-electron chi connectivity index (χ2n) is 7.86. The minimum Gasteiger partial charge on any atom is -0.486 e. The van der Waals surface area contributed by atoms with E-state index in [9.17, 15) is 9.59 Å². The molecule has 8 heteroatoms. The number of carbonyl (C=O) groups is 2. The zero-order valence-corrected chi connectivity index (χ0v) is 18.1. The second-order valence-corrected chi connectivity index (χ2v) is 8.27. The van der Waals surface area contributed by atoms with Gasteiger partial charge in [-0.2, -0.15) is 0 Å². The van der Waals surface area contributed by atoms with Crippen LogP contribution in [0.25, 0.3) is 0 Å².